The fourth-order valence-electron chi connectivity index (χ4n) is 3.32. The zero-order valence-corrected chi connectivity index (χ0v) is 18.1. The standard InChI is InChI=1S/C22H22BrNO5/c1-27-17-6-4-5-14(9-17)16-12-21(25)20(24(13-16)22(26)29-3)11-15-10-18(28-2)7-8-19(15)23/h4-10,12,20H,11,13H2,1-3H3. The molecule has 7 heteroatoms. The van der Waals surface area contributed by atoms with E-state index >= 15 is 0 Å². The average molecular weight is 460 g/mol. The molecule has 0 saturated carbocycles. The van der Waals surface area contributed by atoms with E-state index in [1.54, 1.807) is 20.3 Å². The predicted molar refractivity (Wildman–Crippen MR) is 113 cm³/mol. The van der Waals surface area contributed by atoms with E-state index in [9.17, 15) is 9.59 Å². The molecule has 0 bridgehead atoms. The molecular weight excluding hydrogens is 438 g/mol. The SMILES string of the molecule is COC(=O)N1CC(c2cccc(OC)c2)=CC(=O)C1Cc1cc(OC)ccc1Br. The van der Waals surface area contributed by atoms with Crippen molar-refractivity contribution < 1.29 is 23.8 Å². The summed E-state index contributed by atoms with van der Waals surface area (Å²) in [6, 6.07) is 12.3. The van der Waals surface area contributed by atoms with Gasteiger partial charge in [0.05, 0.1) is 27.9 Å². The van der Waals surface area contributed by atoms with Crippen molar-refractivity contribution in [3.63, 3.8) is 0 Å². The van der Waals surface area contributed by atoms with Crippen LogP contribution in [0.4, 0.5) is 4.79 Å². The highest BCUT2D eigenvalue weighted by Crippen LogP contribution is 2.30. The van der Waals surface area contributed by atoms with Crippen LogP contribution < -0.4 is 9.47 Å². The van der Waals surface area contributed by atoms with Crippen molar-refractivity contribution in [2.75, 3.05) is 27.9 Å². The number of halogens is 1. The van der Waals surface area contributed by atoms with Gasteiger partial charge in [0.25, 0.3) is 0 Å². The summed E-state index contributed by atoms with van der Waals surface area (Å²) < 4.78 is 16.4. The molecule has 29 heavy (non-hydrogen) atoms. The molecule has 0 spiro atoms. The predicted octanol–water partition coefficient (Wildman–Crippen LogP) is 4.11. The van der Waals surface area contributed by atoms with Crippen molar-refractivity contribution in [1.29, 1.82) is 0 Å². The van der Waals surface area contributed by atoms with Crippen molar-refractivity contribution in [1.82, 2.24) is 4.90 Å². The maximum atomic E-state index is 13.0. The summed E-state index contributed by atoms with van der Waals surface area (Å²) in [7, 11) is 4.49. The van der Waals surface area contributed by atoms with Gasteiger partial charge in [0.15, 0.2) is 5.78 Å². The first-order valence-corrected chi connectivity index (χ1v) is 9.82. The van der Waals surface area contributed by atoms with Crippen LogP contribution in [0.5, 0.6) is 11.5 Å². The highest BCUT2D eigenvalue weighted by atomic mass is 79.9. The number of benzene rings is 2. The molecule has 0 radical (unpaired) electrons. The molecule has 1 aliphatic heterocycles. The largest absolute Gasteiger partial charge is 0.497 e. The van der Waals surface area contributed by atoms with Crippen LogP contribution in [0.2, 0.25) is 0 Å². The third-order valence-corrected chi connectivity index (χ3v) is 5.65. The van der Waals surface area contributed by atoms with Gasteiger partial charge in [-0.25, -0.2) is 4.79 Å². The molecule has 0 fully saturated rings. The fourth-order valence-corrected chi connectivity index (χ4v) is 3.73. The summed E-state index contributed by atoms with van der Waals surface area (Å²) in [4.78, 5) is 27.0. The lowest BCUT2D eigenvalue weighted by atomic mass is 9.92. The summed E-state index contributed by atoms with van der Waals surface area (Å²) in [6.07, 6.45) is 1.40. The normalized spacial score (nSPS) is 16.3. The van der Waals surface area contributed by atoms with Gasteiger partial charge in [0, 0.05) is 10.9 Å². The zero-order chi connectivity index (χ0) is 21.0. The van der Waals surface area contributed by atoms with Crippen LogP contribution in [0.15, 0.2) is 53.0 Å². The molecule has 1 unspecified atom stereocenters. The van der Waals surface area contributed by atoms with E-state index in [0.717, 1.165) is 21.2 Å². The van der Waals surface area contributed by atoms with Crippen molar-refractivity contribution in [3.05, 3.63) is 64.1 Å². The Hall–Kier alpha value is -2.80. The van der Waals surface area contributed by atoms with E-state index in [4.69, 9.17) is 14.2 Å². The first kappa shape index (κ1) is 20.9. The van der Waals surface area contributed by atoms with Gasteiger partial charge in [-0.2, -0.15) is 0 Å². The summed E-state index contributed by atoms with van der Waals surface area (Å²) in [5.74, 6) is 1.21. The number of carbonyl (C=O) groups excluding carboxylic acids is 2. The highest BCUT2D eigenvalue weighted by Gasteiger charge is 2.35. The van der Waals surface area contributed by atoms with Crippen LogP contribution in [0, 0.1) is 0 Å². The number of ketones is 1. The van der Waals surface area contributed by atoms with Crippen LogP contribution in [0.3, 0.4) is 0 Å². The third-order valence-electron chi connectivity index (χ3n) is 4.88. The highest BCUT2D eigenvalue weighted by molar-refractivity contribution is 9.10. The van der Waals surface area contributed by atoms with Gasteiger partial charge >= 0.3 is 6.09 Å². The molecule has 0 N–H and O–H groups in total. The Kier molecular flexibility index (Phi) is 6.59. The van der Waals surface area contributed by atoms with Crippen LogP contribution in [-0.2, 0) is 16.0 Å². The monoisotopic (exact) mass is 459 g/mol. The molecular formula is C22H22BrNO5. The Morgan fingerprint density at radius 1 is 1.10 bits per heavy atom. The van der Waals surface area contributed by atoms with E-state index in [0.29, 0.717) is 17.9 Å². The van der Waals surface area contributed by atoms with Gasteiger partial charge in [0.1, 0.15) is 17.5 Å². The fraction of sp³-hybridized carbons (Fsp3) is 0.273. The van der Waals surface area contributed by atoms with Crippen LogP contribution in [0.25, 0.3) is 5.57 Å². The van der Waals surface area contributed by atoms with Gasteiger partial charge in [0.2, 0.25) is 0 Å². The molecule has 0 saturated heterocycles. The van der Waals surface area contributed by atoms with Crippen molar-refractivity contribution in [3.8, 4) is 11.5 Å². The van der Waals surface area contributed by atoms with Gasteiger partial charge in [-0.15, -0.1) is 0 Å². The second-order valence-corrected chi connectivity index (χ2v) is 7.43. The van der Waals surface area contributed by atoms with E-state index < -0.39 is 12.1 Å². The molecule has 2 aromatic carbocycles. The average Bonchev–Trinajstić information content (AvgIpc) is 2.75. The van der Waals surface area contributed by atoms with E-state index in [2.05, 4.69) is 15.9 Å². The van der Waals surface area contributed by atoms with Crippen molar-refractivity contribution >= 4 is 33.4 Å². The van der Waals surface area contributed by atoms with Crippen LogP contribution >= 0.6 is 15.9 Å². The Morgan fingerprint density at radius 3 is 2.52 bits per heavy atom. The molecule has 6 nitrogen and oxygen atoms in total. The molecule has 2 aromatic rings. The van der Waals surface area contributed by atoms with Gasteiger partial charge in [-0.05, 0) is 53.1 Å². The third kappa shape index (κ3) is 4.62. The topological polar surface area (TPSA) is 65.1 Å². The lowest BCUT2D eigenvalue weighted by Gasteiger charge is -2.33. The van der Waals surface area contributed by atoms with E-state index in [-0.39, 0.29) is 12.3 Å². The molecule has 0 aliphatic carbocycles. The minimum Gasteiger partial charge on any atom is -0.497 e. The first-order chi connectivity index (χ1) is 14.0. The Bertz CT molecular complexity index is 956. The number of methoxy groups -OCH3 is 3. The molecule has 1 amide bonds. The second kappa shape index (κ2) is 9.13. The Balaban J connectivity index is 1.95. The molecule has 1 atom stereocenters. The molecule has 0 aromatic heterocycles. The number of carbonyl (C=O) groups is 2. The zero-order valence-electron chi connectivity index (χ0n) is 16.5. The van der Waals surface area contributed by atoms with Gasteiger partial charge in [-0.1, -0.05) is 28.1 Å². The Labute approximate surface area is 178 Å². The van der Waals surface area contributed by atoms with Gasteiger partial charge < -0.3 is 14.2 Å². The molecule has 152 valence electrons. The summed E-state index contributed by atoms with van der Waals surface area (Å²) in [5.41, 5.74) is 2.43. The maximum Gasteiger partial charge on any atom is 0.410 e. The number of ether oxygens (including phenoxy) is 3. The minimum atomic E-state index is -0.666. The summed E-state index contributed by atoms with van der Waals surface area (Å²) in [5, 5.41) is 0. The second-order valence-electron chi connectivity index (χ2n) is 6.58. The number of hydrogen-bond acceptors (Lipinski definition) is 5. The number of nitrogens with zero attached hydrogens (tertiary/aromatic N) is 1. The van der Waals surface area contributed by atoms with Crippen molar-refractivity contribution in [2.45, 2.75) is 12.5 Å². The summed E-state index contributed by atoms with van der Waals surface area (Å²) >= 11 is 3.51. The van der Waals surface area contributed by atoms with Crippen LogP contribution in [0.1, 0.15) is 11.1 Å². The van der Waals surface area contributed by atoms with Gasteiger partial charge in [-0.3, -0.25) is 9.69 Å². The minimum absolute atomic E-state index is 0.158. The lowest BCUT2D eigenvalue weighted by molar-refractivity contribution is -0.119. The molecule has 3 rings (SSSR count). The smallest absolute Gasteiger partial charge is 0.410 e. The summed E-state index contributed by atoms with van der Waals surface area (Å²) in [6.45, 7) is 0.262. The Morgan fingerprint density at radius 2 is 1.83 bits per heavy atom. The first-order valence-electron chi connectivity index (χ1n) is 9.02. The number of rotatable bonds is 5. The molecule has 1 aliphatic rings. The quantitative estimate of drug-likeness (QED) is 0.672. The van der Waals surface area contributed by atoms with E-state index in [1.165, 1.54) is 12.0 Å². The van der Waals surface area contributed by atoms with Crippen molar-refractivity contribution in [2.24, 2.45) is 0 Å². The lowest BCUT2D eigenvalue weighted by Crippen LogP contribution is -2.49. The number of hydrogen-bond donors (Lipinski definition) is 0. The van der Waals surface area contributed by atoms with E-state index in [1.807, 2.05) is 42.5 Å². The van der Waals surface area contributed by atoms with Crippen LogP contribution in [-0.4, -0.2) is 50.7 Å². The maximum absolute atomic E-state index is 13.0. The molecule has 1 heterocycles. The number of amides is 1.